The Morgan fingerprint density at radius 3 is 3.00 bits per heavy atom. The van der Waals surface area contributed by atoms with E-state index in [-0.39, 0.29) is 12.6 Å². The summed E-state index contributed by atoms with van der Waals surface area (Å²) in [6, 6.07) is 0. The van der Waals surface area contributed by atoms with Crippen molar-refractivity contribution in [3.63, 3.8) is 0 Å². The molecule has 0 atom stereocenters. The highest BCUT2D eigenvalue weighted by atomic mass is 32.1. The van der Waals surface area contributed by atoms with Gasteiger partial charge in [-0.25, -0.2) is 0 Å². The van der Waals surface area contributed by atoms with Crippen molar-refractivity contribution in [2.75, 3.05) is 18.8 Å². The summed E-state index contributed by atoms with van der Waals surface area (Å²) in [4.78, 5) is 13.9. The average molecular weight is 224 g/mol. The predicted octanol–water partition coefficient (Wildman–Crippen LogP) is 1.32. The van der Waals surface area contributed by atoms with Gasteiger partial charge in [0.2, 0.25) is 0 Å². The van der Waals surface area contributed by atoms with Crippen molar-refractivity contribution in [1.29, 1.82) is 0 Å². The van der Waals surface area contributed by atoms with E-state index in [9.17, 15) is 4.79 Å². The van der Waals surface area contributed by atoms with Crippen LogP contribution in [0.2, 0.25) is 0 Å². The molecule has 15 heavy (non-hydrogen) atoms. The number of thiophene rings is 1. The zero-order chi connectivity index (χ0) is 10.3. The maximum absolute atomic E-state index is 11.7. The number of rotatable bonds is 0. The fourth-order valence-electron chi connectivity index (χ4n) is 2.12. The highest BCUT2D eigenvalue weighted by molar-refractivity contribution is 7.15. The van der Waals surface area contributed by atoms with Gasteiger partial charge in [0.05, 0.1) is 5.69 Å². The summed E-state index contributed by atoms with van der Waals surface area (Å²) in [5, 5.41) is 5.94. The highest BCUT2D eigenvalue weighted by Crippen LogP contribution is 2.39. The normalized spacial score (nSPS) is 19.6. The van der Waals surface area contributed by atoms with Crippen molar-refractivity contribution in [2.45, 2.75) is 19.3 Å². The minimum atomic E-state index is -0.0170. The van der Waals surface area contributed by atoms with Gasteiger partial charge < -0.3 is 15.4 Å². The molecule has 0 radical (unpaired) electrons. The fraction of sp³-hybridized carbons (Fsp3) is 0.500. The number of carbonyl (C=O) groups is 1. The Morgan fingerprint density at radius 1 is 1.20 bits per heavy atom. The van der Waals surface area contributed by atoms with E-state index in [1.807, 2.05) is 0 Å². The Labute approximate surface area is 91.6 Å². The van der Waals surface area contributed by atoms with Gasteiger partial charge in [-0.2, -0.15) is 0 Å². The van der Waals surface area contributed by atoms with Crippen LogP contribution in [0.3, 0.4) is 0 Å². The van der Waals surface area contributed by atoms with E-state index >= 15 is 0 Å². The van der Waals surface area contributed by atoms with Crippen LogP contribution in [0.25, 0.3) is 0 Å². The predicted molar refractivity (Wildman–Crippen MR) is 58.3 cm³/mol. The molecule has 1 aromatic rings. The minimum absolute atomic E-state index is 0.0170. The van der Waals surface area contributed by atoms with Gasteiger partial charge in [-0.3, -0.25) is 4.79 Å². The second-order valence-electron chi connectivity index (χ2n) is 3.74. The molecule has 1 aromatic heterocycles. The summed E-state index contributed by atoms with van der Waals surface area (Å²) >= 11 is 1.63. The van der Waals surface area contributed by atoms with Gasteiger partial charge >= 0.3 is 0 Å². The van der Waals surface area contributed by atoms with E-state index in [4.69, 9.17) is 4.74 Å². The third-order valence-corrected chi connectivity index (χ3v) is 4.10. The smallest absolute Gasteiger partial charge is 0.265 e. The Balaban J connectivity index is 2.07. The van der Waals surface area contributed by atoms with E-state index in [2.05, 4.69) is 10.6 Å². The Bertz CT molecular complexity index is 414. The second-order valence-corrected chi connectivity index (χ2v) is 4.84. The van der Waals surface area contributed by atoms with Crippen molar-refractivity contribution in [1.82, 2.24) is 5.32 Å². The number of aryl methyl sites for hydroxylation is 1. The molecule has 2 N–H and O–H groups in total. The lowest BCUT2D eigenvalue weighted by Crippen LogP contribution is -2.30. The maximum atomic E-state index is 11.7. The Hall–Kier alpha value is -1.07. The van der Waals surface area contributed by atoms with Crippen LogP contribution in [-0.4, -0.2) is 19.4 Å². The standard InChI is InChI=1S/C10H12N2O2S/c13-10-9-8(11-4-14-5-12-10)6-2-1-3-7(6)15-9/h11H,1-5H2,(H,12,13). The molecule has 1 aliphatic carbocycles. The molecule has 0 fully saturated rings. The first-order chi connectivity index (χ1) is 7.36. The Kier molecular flexibility index (Phi) is 2.14. The van der Waals surface area contributed by atoms with Gasteiger partial charge in [0.25, 0.3) is 5.91 Å². The second kappa shape index (κ2) is 3.50. The molecule has 1 aliphatic heterocycles. The number of anilines is 1. The fourth-order valence-corrected chi connectivity index (χ4v) is 3.40. The molecule has 0 bridgehead atoms. The van der Waals surface area contributed by atoms with Gasteiger partial charge in [0.1, 0.15) is 18.3 Å². The molecular formula is C10H12N2O2S. The van der Waals surface area contributed by atoms with Gasteiger partial charge in [0, 0.05) is 4.88 Å². The number of hydrogen-bond acceptors (Lipinski definition) is 4. The van der Waals surface area contributed by atoms with Gasteiger partial charge in [-0.05, 0) is 24.8 Å². The third kappa shape index (κ3) is 1.42. The van der Waals surface area contributed by atoms with Gasteiger partial charge in [0.15, 0.2) is 0 Å². The molecule has 0 saturated heterocycles. The van der Waals surface area contributed by atoms with Crippen molar-refractivity contribution in [2.24, 2.45) is 0 Å². The first-order valence-electron chi connectivity index (χ1n) is 5.10. The van der Waals surface area contributed by atoms with Crippen LogP contribution in [-0.2, 0) is 17.6 Å². The van der Waals surface area contributed by atoms with Crippen LogP contribution in [0.4, 0.5) is 5.69 Å². The number of nitrogens with one attached hydrogen (secondary N) is 2. The molecule has 0 saturated carbocycles. The van der Waals surface area contributed by atoms with Crippen LogP contribution in [0.15, 0.2) is 0 Å². The molecule has 2 aliphatic rings. The summed E-state index contributed by atoms with van der Waals surface area (Å²) in [5.74, 6) is -0.0170. The average Bonchev–Trinajstić information content (AvgIpc) is 2.75. The number of fused-ring (bicyclic) bond motifs is 3. The molecule has 80 valence electrons. The summed E-state index contributed by atoms with van der Waals surface area (Å²) in [5.41, 5.74) is 2.33. The minimum Gasteiger partial charge on any atom is -0.361 e. The zero-order valence-electron chi connectivity index (χ0n) is 8.26. The van der Waals surface area contributed by atoms with Crippen LogP contribution < -0.4 is 10.6 Å². The number of amides is 1. The van der Waals surface area contributed by atoms with Crippen molar-refractivity contribution < 1.29 is 9.53 Å². The van der Waals surface area contributed by atoms with E-state index in [0.29, 0.717) is 6.73 Å². The quantitative estimate of drug-likeness (QED) is 0.699. The van der Waals surface area contributed by atoms with E-state index < -0.39 is 0 Å². The molecule has 1 amide bonds. The van der Waals surface area contributed by atoms with E-state index in [1.165, 1.54) is 16.9 Å². The summed E-state index contributed by atoms with van der Waals surface area (Å²) in [6.07, 6.45) is 3.41. The van der Waals surface area contributed by atoms with Gasteiger partial charge in [-0.1, -0.05) is 0 Å². The molecule has 3 rings (SSSR count). The third-order valence-electron chi connectivity index (χ3n) is 2.81. The number of ether oxygens (including phenoxy) is 1. The molecule has 4 nitrogen and oxygen atoms in total. The first-order valence-corrected chi connectivity index (χ1v) is 5.92. The molecule has 2 heterocycles. The summed E-state index contributed by atoms with van der Waals surface area (Å²) in [6.45, 7) is 0.754. The maximum Gasteiger partial charge on any atom is 0.265 e. The first kappa shape index (κ1) is 9.18. The molecular weight excluding hydrogens is 212 g/mol. The lowest BCUT2D eigenvalue weighted by atomic mass is 10.2. The highest BCUT2D eigenvalue weighted by Gasteiger charge is 2.26. The topological polar surface area (TPSA) is 50.4 Å². The van der Waals surface area contributed by atoms with E-state index in [0.717, 1.165) is 23.4 Å². The van der Waals surface area contributed by atoms with Gasteiger partial charge in [-0.15, -0.1) is 11.3 Å². The van der Waals surface area contributed by atoms with Crippen LogP contribution in [0.5, 0.6) is 0 Å². The monoisotopic (exact) mass is 224 g/mol. The SMILES string of the molecule is O=C1NCOCNc2c1sc1c2CCC1. The van der Waals surface area contributed by atoms with E-state index in [1.54, 1.807) is 11.3 Å². The van der Waals surface area contributed by atoms with Crippen molar-refractivity contribution in [3.8, 4) is 0 Å². The lowest BCUT2D eigenvalue weighted by Gasteiger charge is -2.14. The largest absolute Gasteiger partial charge is 0.361 e. The lowest BCUT2D eigenvalue weighted by molar-refractivity contribution is 0.0815. The van der Waals surface area contributed by atoms with Crippen LogP contribution >= 0.6 is 11.3 Å². The van der Waals surface area contributed by atoms with Crippen molar-refractivity contribution >= 4 is 22.9 Å². The molecule has 0 spiro atoms. The number of hydrogen-bond donors (Lipinski definition) is 2. The Morgan fingerprint density at radius 2 is 2.07 bits per heavy atom. The zero-order valence-corrected chi connectivity index (χ0v) is 9.08. The molecule has 5 heteroatoms. The molecule has 0 unspecified atom stereocenters. The molecule has 0 aromatic carbocycles. The van der Waals surface area contributed by atoms with Crippen LogP contribution in [0, 0.1) is 0 Å². The number of carbonyl (C=O) groups excluding carboxylic acids is 1. The summed E-state index contributed by atoms with van der Waals surface area (Å²) in [7, 11) is 0. The van der Waals surface area contributed by atoms with Crippen LogP contribution in [0.1, 0.15) is 26.5 Å². The summed E-state index contributed by atoms with van der Waals surface area (Å²) < 4.78 is 5.19. The van der Waals surface area contributed by atoms with Crippen molar-refractivity contribution in [3.05, 3.63) is 15.3 Å².